The number of hydrogen-bond acceptors (Lipinski definition) is 4. The zero-order valence-electron chi connectivity index (χ0n) is 17.7. The van der Waals surface area contributed by atoms with Crippen LogP contribution in [0.1, 0.15) is 58.8 Å². The SMILES string of the molecule is CC(C)CC(=O)N1CCN(C(=O)CCCCCNC(=O)C2CCCNC2)CC1. The van der Waals surface area contributed by atoms with Gasteiger partial charge < -0.3 is 20.4 Å². The molecule has 7 heteroatoms. The fraction of sp³-hybridized carbons (Fsp3) is 0.857. The highest BCUT2D eigenvalue weighted by Gasteiger charge is 2.24. The van der Waals surface area contributed by atoms with E-state index < -0.39 is 0 Å². The normalized spacial score (nSPS) is 20.3. The van der Waals surface area contributed by atoms with Crippen LogP contribution in [0.3, 0.4) is 0 Å². The van der Waals surface area contributed by atoms with Crippen LogP contribution >= 0.6 is 0 Å². The summed E-state index contributed by atoms with van der Waals surface area (Å²) in [7, 11) is 0. The first-order valence-electron chi connectivity index (χ1n) is 11.0. The Morgan fingerprint density at radius 3 is 2.29 bits per heavy atom. The molecule has 2 N–H and O–H groups in total. The van der Waals surface area contributed by atoms with Crippen molar-refractivity contribution in [2.75, 3.05) is 45.8 Å². The van der Waals surface area contributed by atoms with Crippen LogP contribution in [-0.2, 0) is 14.4 Å². The van der Waals surface area contributed by atoms with Gasteiger partial charge in [-0.15, -0.1) is 0 Å². The van der Waals surface area contributed by atoms with E-state index in [-0.39, 0.29) is 23.6 Å². The highest BCUT2D eigenvalue weighted by Crippen LogP contribution is 2.11. The average molecular weight is 395 g/mol. The molecule has 0 aromatic rings. The Kier molecular flexibility index (Phi) is 9.75. The van der Waals surface area contributed by atoms with Gasteiger partial charge in [0.05, 0.1) is 5.92 Å². The van der Waals surface area contributed by atoms with Crippen molar-refractivity contribution in [2.24, 2.45) is 11.8 Å². The van der Waals surface area contributed by atoms with E-state index >= 15 is 0 Å². The van der Waals surface area contributed by atoms with Crippen LogP contribution in [0.5, 0.6) is 0 Å². The molecule has 0 aliphatic carbocycles. The maximum atomic E-state index is 12.3. The molecule has 2 aliphatic rings. The van der Waals surface area contributed by atoms with Crippen molar-refractivity contribution in [1.82, 2.24) is 20.4 Å². The van der Waals surface area contributed by atoms with Gasteiger partial charge in [-0.1, -0.05) is 20.3 Å². The molecule has 160 valence electrons. The van der Waals surface area contributed by atoms with Gasteiger partial charge in [-0.3, -0.25) is 14.4 Å². The number of amides is 3. The first-order valence-corrected chi connectivity index (χ1v) is 11.0. The molecule has 3 amide bonds. The van der Waals surface area contributed by atoms with E-state index in [4.69, 9.17) is 0 Å². The maximum Gasteiger partial charge on any atom is 0.224 e. The number of carbonyl (C=O) groups is 3. The third-order valence-corrected chi connectivity index (χ3v) is 5.60. The Morgan fingerprint density at radius 2 is 1.68 bits per heavy atom. The van der Waals surface area contributed by atoms with Crippen molar-refractivity contribution >= 4 is 17.7 Å². The molecule has 0 aromatic heterocycles. The second-order valence-electron chi connectivity index (χ2n) is 8.50. The van der Waals surface area contributed by atoms with E-state index in [0.717, 1.165) is 45.2 Å². The number of carbonyl (C=O) groups excluding carboxylic acids is 3. The topological polar surface area (TPSA) is 81.8 Å². The van der Waals surface area contributed by atoms with Gasteiger partial charge in [0, 0.05) is 52.1 Å². The summed E-state index contributed by atoms with van der Waals surface area (Å²) in [6, 6.07) is 0. The molecule has 2 rings (SSSR count). The van der Waals surface area contributed by atoms with Crippen LogP contribution in [0.25, 0.3) is 0 Å². The van der Waals surface area contributed by atoms with Gasteiger partial charge in [0.25, 0.3) is 0 Å². The summed E-state index contributed by atoms with van der Waals surface area (Å²) in [6.07, 6.45) is 5.90. The van der Waals surface area contributed by atoms with Gasteiger partial charge in [-0.05, 0) is 38.1 Å². The van der Waals surface area contributed by atoms with Crippen molar-refractivity contribution in [2.45, 2.75) is 58.8 Å². The lowest BCUT2D eigenvalue weighted by molar-refractivity contribution is -0.140. The second-order valence-corrected chi connectivity index (χ2v) is 8.50. The van der Waals surface area contributed by atoms with Crippen LogP contribution < -0.4 is 10.6 Å². The fourth-order valence-electron chi connectivity index (χ4n) is 3.85. The highest BCUT2D eigenvalue weighted by atomic mass is 16.2. The Balaban J connectivity index is 1.51. The van der Waals surface area contributed by atoms with Crippen LogP contribution in [0.2, 0.25) is 0 Å². The Hall–Kier alpha value is -1.63. The Morgan fingerprint density at radius 1 is 1.00 bits per heavy atom. The summed E-state index contributed by atoms with van der Waals surface area (Å²) in [5.74, 6) is 1.03. The van der Waals surface area contributed by atoms with Crippen LogP contribution in [0, 0.1) is 11.8 Å². The van der Waals surface area contributed by atoms with Gasteiger partial charge in [-0.2, -0.15) is 0 Å². The van der Waals surface area contributed by atoms with Gasteiger partial charge in [0.15, 0.2) is 0 Å². The summed E-state index contributed by atoms with van der Waals surface area (Å²) < 4.78 is 0. The quantitative estimate of drug-likeness (QED) is 0.579. The van der Waals surface area contributed by atoms with E-state index in [1.807, 2.05) is 9.80 Å². The number of nitrogens with zero attached hydrogens (tertiary/aromatic N) is 2. The summed E-state index contributed by atoms with van der Waals surface area (Å²) in [4.78, 5) is 40.2. The third-order valence-electron chi connectivity index (χ3n) is 5.60. The zero-order chi connectivity index (χ0) is 20.4. The van der Waals surface area contributed by atoms with E-state index in [9.17, 15) is 14.4 Å². The first kappa shape index (κ1) is 22.7. The third kappa shape index (κ3) is 7.78. The monoisotopic (exact) mass is 394 g/mol. The molecule has 0 spiro atoms. The molecule has 0 radical (unpaired) electrons. The molecule has 7 nitrogen and oxygen atoms in total. The molecule has 28 heavy (non-hydrogen) atoms. The molecule has 1 atom stereocenters. The number of nitrogens with one attached hydrogen (secondary N) is 2. The minimum atomic E-state index is 0.112. The molecule has 2 aliphatic heterocycles. The smallest absolute Gasteiger partial charge is 0.224 e. The van der Waals surface area contributed by atoms with Gasteiger partial charge in [0.1, 0.15) is 0 Å². The van der Waals surface area contributed by atoms with Gasteiger partial charge in [0.2, 0.25) is 17.7 Å². The van der Waals surface area contributed by atoms with E-state index in [2.05, 4.69) is 24.5 Å². The highest BCUT2D eigenvalue weighted by molar-refractivity contribution is 5.79. The molecule has 2 heterocycles. The van der Waals surface area contributed by atoms with Crippen LogP contribution in [0.15, 0.2) is 0 Å². The second kappa shape index (κ2) is 12.0. The summed E-state index contributed by atoms with van der Waals surface area (Å²) in [5, 5.41) is 6.28. The van der Waals surface area contributed by atoms with Crippen molar-refractivity contribution < 1.29 is 14.4 Å². The first-order chi connectivity index (χ1) is 13.5. The molecule has 1 unspecified atom stereocenters. The molecule has 2 fully saturated rings. The van der Waals surface area contributed by atoms with Gasteiger partial charge >= 0.3 is 0 Å². The summed E-state index contributed by atoms with van der Waals surface area (Å²) in [5.41, 5.74) is 0. The number of piperidine rings is 1. The zero-order valence-corrected chi connectivity index (χ0v) is 17.7. The minimum absolute atomic E-state index is 0.112. The lowest BCUT2D eigenvalue weighted by Gasteiger charge is -2.35. The number of piperazine rings is 1. The van der Waals surface area contributed by atoms with E-state index in [1.165, 1.54) is 0 Å². The minimum Gasteiger partial charge on any atom is -0.356 e. The summed E-state index contributed by atoms with van der Waals surface area (Å²) >= 11 is 0. The van der Waals surface area contributed by atoms with Crippen molar-refractivity contribution in [1.29, 1.82) is 0 Å². The molecule has 0 aromatic carbocycles. The molecular weight excluding hydrogens is 356 g/mol. The van der Waals surface area contributed by atoms with Crippen molar-refractivity contribution in [3.05, 3.63) is 0 Å². The Labute approximate surface area is 169 Å². The van der Waals surface area contributed by atoms with Crippen molar-refractivity contribution in [3.63, 3.8) is 0 Å². The standard InChI is InChI=1S/C21H38N4O3/c1-17(2)15-20(27)25-13-11-24(12-14-25)19(26)8-4-3-5-10-23-21(28)18-7-6-9-22-16-18/h17-18,22H,3-16H2,1-2H3,(H,23,28). The van der Waals surface area contributed by atoms with Crippen LogP contribution in [0.4, 0.5) is 0 Å². The maximum absolute atomic E-state index is 12.3. The number of hydrogen-bond donors (Lipinski definition) is 2. The molecule has 0 saturated carbocycles. The lowest BCUT2D eigenvalue weighted by atomic mass is 9.99. The predicted molar refractivity (Wildman–Crippen MR) is 110 cm³/mol. The number of rotatable bonds is 9. The van der Waals surface area contributed by atoms with E-state index in [0.29, 0.717) is 51.5 Å². The molecule has 2 saturated heterocycles. The largest absolute Gasteiger partial charge is 0.356 e. The number of unbranched alkanes of at least 4 members (excludes halogenated alkanes) is 2. The Bertz CT molecular complexity index is 510. The molecular formula is C21H38N4O3. The van der Waals surface area contributed by atoms with Crippen LogP contribution in [-0.4, -0.2) is 73.3 Å². The van der Waals surface area contributed by atoms with Crippen molar-refractivity contribution in [3.8, 4) is 0 Å². The van der Waals surface area contributed by atoms with E-state index in [1.54, 1.807) is 0 Å². The van der Waals surface area contributed by atoms with Gasteiger partial charge in [-0.25, -0.2) is 0 Å². The fourth-order valence-corrected chi connectivity index (χ4v) is 3.85. The molecule has 0 bridgehead atoms. The lowest BCUT2D eigenvalue weighted by Crippen LogP contribution is -2.50. The predicted octanol–water partition coefficient (Wildman–Crippen LogP) is 1.38. The summed E-state index contributed by atoms with van der Waals surface area (Å²) in [6.45, 7) is 9.20. The average Bonchev–Trinajstić information content (AvgIpc) is 2.70.